The van der Waals surface area contributed by atoms with Gasteiger partial charge in [0.2, 0.25) is 0 Å². The molecule has 0 saturated heterocycles. The van der Waals surface area contributed by atoms with Crippen LogP contribution in [0.15, 0.2) is 21.2 Å². The summed E-state index contributed by atoms with van der Waals surface area (Å²) in [6.07, 6.45) is 7.17. The first-order valence-corrected chi connectivity index (χ1v) is 6.17. The molecule has 1 saturated carbocycles. The van der Waals surface area contributed by atoms with Crippen LogP contribution in [0.3, 0.4) is 0 Å². The first kappa shape index (κ1) is 9.66. The average molecular weight is 305 g/mol. The highest BCUT2D eigenvalue weighted by atomic mass is 79.9. The number of nitrogens with zero attached hydrogens (tertiary/aromatic N) is 1. The highest BCUT2D eigenvalue weighted by molar-refractivity contribution is 9.13. The van der Waals surface area contributed by atoms with Gasteiger partial charge >= 0.3 is 0 Å². The molecule has 13 heavy (non-hydrogen) atoms. The van der Waals surface area contributed by atoms with Crippen molar-refractivity contribution in [3.05, 3.63) is 26.9 Å². The summed E-state index contributed by atoms with van der Waals surface area (Å²) in [6, 6.07) is 1.97. The minimum atomic E-state index is 0.673. The van der Waals surface area contributed by atoms with Crippen LogP contribution in [0.4, 0.5) is 0 Å². The van der Waals surface area contributed by atoms with E-state index < -0.39 is 0 Å². The van der Waals surface area contributed by atoms with Crippen LogP contribution in [0.25, 0.3) is 0 Å². The first-order valence-electron chi connectivity index (χ1n) is 4.59. The van der Waals surface area contributed by atoms with Crippen molar-refractivity contribution in [3.8, 4) is 0 Å². The lowest BCUT2D eigenvalue weighted by atomic mass is 10.0. The van der Waals surface area contributed by atoms with E-state index in [9.17, 15) is 0 Å². The molecule has 3 heteroatoms. The van der Waals surface area contributed by atoms with Crippen LogP contribution in [-0.4, -0.2) is 4.98 Å². The summed E-state index contributed by atoms with van der Waals surface area (Å²) in [5, 5.41) is 0. The molecule has 0 aromatic carbocycles. The molecule has 70 valence electrons. The Hall–Kier alpha value is 0.110. The van der Waals surface area contributed by atoms with E-state index in [0.717, 1.165) is 8.95 Å². The summed E-state index contributed by atoms with van der Waals surface area (Å²) >= 11 is 7.09. The molecule has 0 atom stereocenters. The van der Waals surface area contributed by atoms with Gasteiger partial charge in [-0.3, -0.25) is 4.98 Å². The maximum atomic E-state index is 4.44. The Balaban J connectivity index is 2.33. The monoisotopic (exact) mass is 303 g/mol. The third-order valence-electron chi connectivity index (χ3n) is 2.61. The summed E-state index contributed by atoms with van der Waals surface area (Å²) in [4.78, 5) is 4.44. The fourth-order valence-electron chi connectivity index (χ4n) is 1.92. The Labute approximate surface area is 95.2 Å². The van der Waals surface area contributed by atoms with E-state index in [1.54, 1.807) is 0 Å². The molecule has 1 nitrogen and oxygen atoms in total. The van der Waals surface area contributed by atoms with E-state index in [1.165, 1.54) is 31.4 Å². The van der Waals surface area contributed by atoms with Crippen LogP contribution < -0.4 is 0 Å². The van der Waals surface area contributed by atoms with Crippen molar-refractivity contribution in [1.29, 1.82) is 0 Å². The second kappa shape index (κ2) is 4.09. The maximum Gasteiger partial charge on any atom is 0.0587 e. The van der Waals surface area contributed by atoms with Crippen LogP contribution in [0.1, 0.15) is 37.3 Å². The lowest BCUT2D eigenvalue weighted by molar-refractivity contribution is 0.692. The number of pyridine rings is 1. The molecule has 0 unspecified atom stereocenters. The normalized spacial score (nSPS) is 18.0. The van der Waals surface area contributed by atoms with Gasteiger partial charge in [-0.05, 0) is 50.8 Å². The van der Waals surface area contributed by atoms with Crippen molar-refractivity contribution in [1.82, 2.24) is 4.98 Å². The first-order chi connectivity index (χ1) is 6.29. The molecule has 1 aromatic heterocycles. The van der Waals surface area contributed by atoms with Crippen LogP contribution in [-0.2, 0) is 0 Å². The van der Waals surface area contributed by atoms with Gasteiger partial charge in [-0.15, -0.1) is 0 Å². The van der Waals surface area contributed by atoms with E-state index >= 15 is 0 Å². The molecule has 1 aromatic rings. The van der Waals surface area contributed by atoms with E-state index in [-0.39, 0.29) is 0 Å². The van der Waals surface area contributed by atoms with Crippen molar-refractivity contribution in [2.75, 3.05) is 0 Å². The zero-order chi connectivity index (χ0) is 9.26. The number of hydrogen-bond donors (Lipinski definition) is 0. The smallest absolute Gasteiger partial charge is 0.0587 e. The highest BCUT2D eigenvalue weighted by Gasteiger charge is 2.21. The zero-order valence-corrected chi connectivity index (χ0v) is 10.4. The number of rotatable bonds is 1. The summed E-state index contributed by atoms with van der Waals surface area (Å²) in [6.45, 7) is 0. The van der Waals surface area contributed by atoms with Gasteiger partial charge in [0.1, 0.15) is 0 Å². The molecule has 2 rings (SSSR count). The third-order valence-corrected chi connectivity index (χ3v) is 4.64. The standard InChI is InChI=1S/C10H11Br2N/c11-8-5-6-13-10(9(8)12)7-3-1-2-4-7/h5-7H,1-4H2. The van der Waals surface area contributed by atoms with Crippen molar-refractivity contribution < 1.29 is 0 Å². The van der Waals surface area contributed by atoms with E-state index in [2.05, 4.69) is 36.8 Å². The third kappa shape index (κ3) is 1.96. The topological polar surface area (TPSA) is 12.9 Å². The van der Waals surface area contributed by atoms with Crippen molar-refractivity contribution >= 4 is 31.9 Å². The maximum absolute atomic E-state index is 4.44. The second-order valence-corrected chi connectivity index (χ2v) is 5.12. The Morgan fingerprint density at radius 2 is 1.92 bits per heavy atom. The Morgan fingerprint density at radius 3 is 2.62 bits per heavy atom. The van der Waals surface area contributed by atoms with Gasteiger partial charge in [-0.25, -0.2) is 0 Å². The summed E-state index contributed by atoms with van der Waals surface area (Å²) in [5.41, 5.74) is 1.23. The SMILES string of the molecule is Brc1ccnc(C2CCCC2)c1Br. The van der Waals surface area contributed by atoms with Gasteiger partial charge in [0.15, 0.2) is 0 Å². The average Bonchev–Trinajstić information content (AvgIpc) is 2.62. The molecular weight excluding hydrogens is 294 g/mol. The molecule has 0 aliphatic heterocycles. The summed E-state index contributed by atoms with van der Waals surface area (Å²) in [5.74, 6) is 0.673. The predicted molar refractivity (Wildman–Crippen MR) is 60.8 cm³/mol. The highest BCUT2D eigenvalue weighted by Crippen LogP contribution is 2.38. The fourth-order valence-corrected chi connectivity index (χ4v) is 2.80. The van der Waals surface area contributed by atoms with Gasteiger partial charge in [-0.2, -0.15) is 0 Å². The van der Waals surface area contributed by atoms with Crippen LogP contribution in [0.2, 0.25) is 0 Å². The largest absolute Gasteiger partial charge is 0.260 e. The molecule has 0 amide bonds. The lowest BCUT2D eigenvalue weighted by Crippen LogP contribution is -1.97. The van der Waals surface area contributed by atoms with E-state index in [4.69, 9.17) is 0 Å². The predicted octanol–water partition coefficient (Wildman–Crippen LogP) is 4.26. The molecule has 0 bridgehead atoms. The van der Waals surface area contributed by atoms with Gasteiger partial charge in [-0.1, -0.05) is 12.8 Å². The molecule has 0 N–H and O–H groups in total. The van der Waals surface area contributed by atoms with Gasteiger partial charge in [0.25, 0.3) is 0 Å². The van der Waals surface area contributed by atoms with Gasteiger partial charge < -0.3 is 0 Å². The van der Waals surface area contributed by atoms with E-state index in [1.807, 2.05) is 12.3 Å². The molecule has 1 aliphatic rings. The molecule has 1 fully saturated rings. The van der Waals surface area contributed by atoms with Crippen LogP contribution >= 0.6 is 31.9 Å². The zero-order valence-electron chi connectivity index (χ0n) is 7.26. The molecular formula is C10H11Br2N. The molecule has 0 spiro atoms. The molecule has 1 aliphatic carbocycles. The number of halogens is 2. The number of hydrogen-bond acceptors (Lipinski definition) is 1. The minimum absolute atomic E-state index is 0.673. The Kier molecular flexibility index (Phi) is 3.04. The van der Waals surface area contributed by atoms with Gasteiger partial charge in [0, 0.05) is 16.6 Å². The quantitative estimate of drug-likeness (QED) is 0.755. The fraction of sp³-hybridized carbons (Fsp3) is 0.500. The molecule has 1 heterocycles. The van der Waals surface area contributed by atoms with E-state index in [0.29, 0.717) is 5.92 Å². The second-order valence-electron chi connectivity index (χ2n) is 3.47. The minimum Gasteiger partial charge on any atom is -0.260 e. The van der Waals surface area contributed by atoms with Crippen molar-refractivity contribution in [2.24, 2.45) is 0 Å². The van der Waals surface area contributed by atoms with Crippen molar-refractivity contribution in [2.45, 2.75) is 31.6 Å². The molecule has 0 radical (unpaired) electrons. The number of aromatic nitrogens is 1. The van der Waals surface area contributed by atoms with Crippen LogP contribution in [0.5, 0.6) is 0 Å². The lowest BCUT2D eigenvalue weighted by Gasteiger charge is -2.10. The van der Waals surface area contributed by atoms with Crippen molar-refractivity contribution in [3.63, 3.8) is 0 Å². The Bertz CT molecular complexity index is 306. The van der Waals surface area contributed by atoms with Crippen LogP contribution in [0, 0.1) is 0 Å². The van der Waals surface area contributed by atoms with Gasteiger partial charge in [0.05, 0.1) is 10.2 Å². The Morgan fingerprint density at radius 1 is 1.23 bits per heavy atom. The summed E-state index contributed by atoms with van der Waals surface area (Å²) in [7, 11) is 0. The summed E-state index contributed by atoms with van der Waals surface area (Å²) < 4.78 is 2.26.